The SMILES string of the molecule is CCCCn1nc(C(=O)Nc2ccc(C)c(Cl)c2)ccc1=O. The van der Waals surface area contributed by atoms with E-state index in [0.717, 1.165) is 18.4 Å². The lowest BCUT2D eigenvalue weighted by Crippen LogP contribution is -2.26. The summed E-state index contributed by atoms with van der Waals surface area (Å²) in [6.07, 6.45) is 1.79. The molecule has 1 heterocycles. The Balaban J connectivity index is 2.18. The van der Waals surface area contributed by atoms with Crippen LogP contribution in [0, 0.1) is 6.92 Å². The largest absolute Gasteiger partial charge is 0.321 e. The fraction of sp³-hybridized carbons (Fsp3) is 0.312. The summed E-state index contributed by atoms with van der Waals surface area (Å²) < 4.78 is 1.32. The van der Waals surface area contributed by atoms with Gasteiger partial charge in [0, 0.05) is 23.3 Å². The highest BCUT2D eigenvalue weighted by atomic mass is 35.5. The molecule has 0 atom stereocenters. The summed E-state index contributed by atoms with van der Waals surface area (Å²) in [5.74, 6) is -0.370. The quantitative estimate of drug-likeness (QED) is 0.920. The minimum Gasteiger partial charge on any atom is -0.321 e. The molecule has 116 valence electrons. The number of halogens is 1. The van der Waals surface area contributed by atoms with Gasteiger partial charge in [0.2, 0.25) is 0 Å². The van der Waals surface area contributed by atoms with Crippen LogP contribution >= 0.6 is 11.6 Å². The number of nitrogens with one attached hydrogen (secondary N) is 1. The van der Waals surface area contributed by atoms with Crippen molar-refractivity contribution in [3.63, 3.8) is 0 Å². The molecule has 0 unspecified atom stereocenters. The van der Waals surface area contributed by atoms with Crippen molar-refractivity contribution in [1.29, 1.82) is 0 Å². The van der Waals surface area contributed by atoms with E-state index in [1.54, 1.807) is 12.1 Å². The Morgan fingerprint density at radius 3 is 2.77 bits per heavy atom. The van der Waals surface area contributed by atoms with Gasteiger partial charge in [0.05, 0.1) is 0 Å². The minimum absolute atomic E-state index is 0.201. The third-order valence-corrected chi connectivity index (χ3v) is 3.66. The molecule has 0 saturated heterocycles. The Hall–Kier alpha value is -2.14. The fourth-order valence-corrected chi connectivity index (χ4v) is 2.08. The van der Waals surface area contributed by atoms with Gasteiger partial charge in [0.1, 0.15) is 5.69 Å². The van der Waals surface area contributed by atoms with Crippen molar-refractivity contribution < 1.29 is 4.79 Å². The maximum atomic E-state index is 12.2. The summed E-state index contributed by atoms with van der Waals surface area (Å²) in [5, 5.41) is 7.41. The first-order valence-electron chi connectivity index (χ1n) is 7.17. The first-order valence-corrected chi connectivity index (χ1v) is 7.54. The topological polar surface area (TPSA) is 64.0 Å². The molecule has 0 aliphatic rings. The Morgan fingerprint density at radius 2 is 2.09 bits per heavy atom. The van der Waals surface area contributed by atoms with Crippen LogP contribution in [0.3, 0.4) is 0 Å². The van der Waals surface area contributed by atoms with E-state index < -0.39 is 0 Å². The average Bonchev–Trinajstić information content (AvgIpc) is 2.50. The first kappa shape index (κ1) is 16.2. The molecule has 2 aromatic rings. The summed E-state index contributed by atoms with van der Waals surface area (Å²) in [4.78, 5) is 23.9. The monoisotopic (exact) mass is 319 g/mol. The van der Waals surface area contributed by atoms with Crippen molar-refractivity contribution in [3.05, 3.63) is 57.0 Å². The number of amides is 1. The summed E-state index contributed by atoms with van der Waals surface area (Å²) in [6.45, 7) is 4.43. The standard InChI is InChI=1S/C16H18ClN3O2/c1-3-4-9-20-15(21)8-7-14(19-20)16(22)18-12-6-5-11(2)13(17)10-12/h5-8,10H,3-4,9H2,1-2H3,(H,18,22). The Morgan fingerprint density at radius 1 is 1.32 bits per heavy atom. The minimum atomic E-state index is -0.370. The second-order valence-corrected chi connectivity index (χ2v) is 5.46. The molecule has 2 rings (SSSR count). The van der Waals surface area contributed by atoms with Crippen LogP contribution in [0.1, 0.15) is 35.8 Å². The Bertz CT molecular complexity index is 740. The maximum absolute atomic E-state index is 12.2. The van der Waals surface area contributed by atoms with E-state index in [4.69, 9.17) is 11.6 Å². The van der Waals surface area contributed by atoms with Gasteiger partial charge in [-0.05, 0) is 37.1 Å². The molecule has 0 spiro atoms. The maximum Gasteiger partial charge on any atom is 0.276 e. The predicted molar refractivity (Wildman–Crippen MR) is 87.5 cm³/mol. The highest BCUT2D eigenvalue weighted by Gasteiger charge is 2.10. The molecule has 1 N–H and O–H groups in total. The van der Waals surface area contributed by atoms with Crippen molar-refractivity contribution >= 4 is 23.2 Å². The van der Waals surface area contributed by atoms with Crippen LogP contribution in [0.25, 0.3) is 0 Å². The number of unbranched alkanes of at least 4 members (excludes halogenated alkanes) is 1. The number of benzene rings is 1. The molecule has 0 aliphatic heterocycles. The lowest BCUT2D eigenvalue weighted by Gasteiger charge is -2.08. The number of carbonyl (C=O) groups is 1. The molecule has 0 saturated carbocycles. The van der Waals surface area contributed by atoms with Crippen molar-refractivity contribution in [2.45, 2.75) is 33.2 Å². The van der Waals surface area contributed by atoms with Crippen LogP contribution in [0.4, 0.5) is 5.69 Å². The van der Waals surface area contributed by atoms with Gasteiger partial charge in [0.15, 0.2) is 0 Å². The fourth-order valence-electron chi connectivity index (χ4n) is 1.90. The van der Waals surface area contributed by atoms with Crippen molar-refractivity contribution in [1.82, 2.24) is 9.78 Å². The Kier molecular flexibility index (Phi) is 5.33. The lowest BCUT2D eigenvalue weighted by molar-refractivity contribution is 0.101. The van der Waals surface area contributed by atoms with Gasteiger partial charge in [-0.2, -0.15) is 5.10 Å². The molecule has 1 aromatic heterocycles. The normalized spacial score (nSPS) is 10.5. The van der Waals surface area contributed by atoms with Crippen molar-refractivity contribution in [2.24, 2.45) is 0 Å². The van der Waals surface area contributed by atoms with Gasteiger partial charge in [-0.1, -0.05) is 31.0 Å². The number of nitrogens with zero attached hydrogens (tertiary/aromatic N) is 2. The second-order valence-electron chi connectivity index (χ2n) is 5.05. The average molecular weight is 320 g/mol. The van der Waals surface area contributed by atoms with E-state index in [0.29, 0.717) is 17.3 Å². The van der Waals surface area contributed by atoms with Gasteiger partial charge >= 0.3 is 0 Å². The number of carbonyl (C=O) groups excluding carboxylic acids is 1. The first-order chi connectivity index (χ1) is 10.5. The smallest absolute Gasteiger partial charge is 0.276 e. The van der Waals surface area contributed by atoms with Crippen LogP contribution in [0.2, 0.25) is 5.02 Å². The van der Waals surface area contributed by atoms with Gasteiger partial charge in [-0.15, -0.1) is 0 Å². The summed E-state index contributed by atoms with van der Waals surface area (Å²) >= 11 is 6.03. The highest BCUT2D eigenvalue weighted by molar-refractivity contribution is 6.31. The van der Waals surface area contributed by atoms with Crippen molar-refractivity contribution in [2.75, 3.05) is 5.32 Å². The van der Waals surface area contributed by atoms with Gasteiger partial charge < -0.3 is 5.32 Å². The number of hydrogen-bond donors (Lipinski definition) is 1. The van der Waals surface area contributed by atoms with E-state index in [-0.39, 0.29) is 17.2 Å². The number of hydrogen-bond acceptors (Lipinski definition) is 3. The lowest BCUT2D eigenvalue weighted by atomic mass is 10.2. The molecule has 5 nitrogen and oxygen atoms in total. The summed E-state index contributed by atoms with van der Waals surface area (Å²) in [5.41, 5.74) is 1.52. The van der Waals surface area contributed by atoms with Crippen LogP contribution < -0.4 is 10.9 Å². The molecule has 6 heteroatoms. The third kappa shape index (κ3) is 3.95. The van der Waals surface area contributed by atoms with E-state index in [1.165, 1.54) is 16.8 Å². The second kappa shape index (κ2) is 7.22. The third-order valence-electron chi connectivity index (χ3n) is 3.25. The van der Waals surface area contributed by atoms with Gasteiger partial charge in [-0.25, -0.2) is 4.68 Å². The van der Waals surface area contributed by atoms with E-state index in [9.17, 15) is 9.59 Å². The zero-order valence-electron chi connectivity index (χ0n) is 12.6. The Labute approximate surface area is 133 Å². The predicted octanol–water partition coefficient (Wildman–Crippen LogP) is 3.26. The molecule has 0 radical (unpaired) electrons. The number of aromatic nitrogens is 2. The molecular weight excluding hydrogens is 302 g/mol. The molecule has 1 aromatic carbocycles. The van der Waals surface area contributed by atoms with Crippen LogP contribution in [-0.2, 0) is 6.54 Å². The van der Waals surface area contributed by atoms with Crippen LogP contribution in [0.5, 0.6) is 0 Å². The summed E-state index contributed by atoms with van der Waals surface area (Å²) in [6, 6.07) is 8.07. The molecule has 0 bridgehead atoms. The molecule has 22 heavy (non-hydrogen) atoms. The zero-order chi connectivity index (χ0) is 16.1. The number of anilines is 1. The van der Waals surface area contributed by atoms with E-state index >= 15 is 0 Å². The van der Waals surface area contributed by atoms with Crippen LogP contribution in [-0.4, -0.2) is 15.7 Å². The highest BCUT2D eigenvalue weighted by Crippen LogP contribution is 2.20. The molecule has 0 fully saturated rings. The molecule has 0 aliphatic carbocycles. The van der Waals surface area contributed by atoms with E-state index in [1.807, 2.05) is 19.9 Å². The number of aryl methyl sites for hydroxylation is 2. The van der Waals surface area contributed by atoms with Gasteiger partial charge in [-0.3, -0.25) is 9.59 Å². The van der Waals surface area contributed by atoms with Crippen LogP contribution in [0.15, 0.2) is 35.1 Å². The summed E-state index contributed by atoms with van der Waals surface area (Å²) in [7, 11) is 0. The van der Waals surface area contributed by atoms with Crippen molar-refractivity contribution in [3.8, 4) is 0 Å². The molecule has 1 amide bonds. The molecular formula is C16H18ClN3O2. The van der Waals surface area contributed by atoms with E-state index in [2.05, 4.69) is 10.4 Å². The number of rotatable bonds is 5. The van der Waals surface area contributed by atoms with Gasteiger partial charge in [0.25, 0.3) is 11.5 Å². The zero-order valence-corrected chi connectivity index (χ0v) is 13.4.